The highest BCUT2D eigenvalue weighted by Crippen LogP contribution is 2.29. The number of unbranched alkanes of at least 4 members (excludes halogenated alkanes) is 3. The van der Waals surface area contributed by atoms with Crippen LogP contribution < -0.4 is 10.6 Å². The summed E-state index contributed by atoms with van der Waals surface area (Å²) >= 11 is 0. The van der Waals surface area contributed by atoms with Crippen LogP contribution in [-0.4, -0.2) is 49.3 Å². The van der Waals surface area contributed by atoms with E-state index in [9.17, 15) is 9.59 Å². The molecule has 4 unspecified atom stereocenters. The minimum Gasteiger partial charge on any atom is -0.465 e. The molecule has 0 radical (unpaired) electrons. The first kappa shape index (κ1) is 31.1. The number of rotatable bonds is 13. The van der Waals surface area contributed by atoms with E-state index in [0.29, 0.717) is 61.1 Å². The molecule has 2 heterocycles. The fourth-order valence-electron chi connectivity index (χ4n) is 5.62. The van der Waals surface area contributed by atoms with Crippen molar-refractivity contribution in [1.29, 1.82) is 0 Å². The van der Waals surface area contributed by atoms with E-state index in [1.54, 1.807) is 0 Å². The molecule has 6 nitrogen and oxygen atoms in total. The zero-order valence-electron chi connectivity index (χ0n) is 24.5. The average molecular weight is 509 g/mol. The summed E-state index contributed by atoms with van der Waals surface area (Å²) in [6.45, 7) is 18.7. The smallest absolute Gasteiger partial charge is 0.309 e. The van der Waals surface area contributed by atoms with E-state index >= 15 is 0 Å². The molecule has 4 atom stereocenters. The van der Waals surface area contributed by atoms with Crippen LogP contribution in [0.3, 0.4) is 0 Å². The highest BCUT2D eigenvalue weighted by atomic mass is 16.5. The lowest BCUT2D eigenvalue weighted by Gasteiger charge is -2.39. The Morgan fingerprint density at radius 1 is 0.556 bits per heavy atom. The van der Waals surface area contributed by atoms with E-state index in [2.05, 4.69) is 66.0 Å². The highest BCUT2D eigenvalue weighted by molar-refractivity contribution is 5.73. The van der Waals surface area contributed by atoms with Crippen molar-refractivity contribution in [3.05, 3.63) is 0 Å². The molecule has 2 N–H and O–H groups in total. The molecular formula is C30H56N2O4. The first-order valence-electron chi connectivity index (χ1n) is 14.8. The van der Waals surface area contributed by atoms with Gasteiger partial charge in [0.2, 0.25) is 0 Å². The Labute approximate surface area is 221 Å². The molecule has 2 aliphatic heterocycles. The second-order valence-corrected chi connectivity index (χ2v) is 12.8. The maximum Gasteiger partial charge on any atom is 0.309 e. The lowest BCUT2D eigenvalue weighted by atomic mass is 9.80. The largest absolute Gasteiger partial charge is 0.465 e. The van der Waals surface area contributed by atoms with Crippen LogP contribution in [0.2, 0.25) is 0 Å². The molecule has 36 heavy (non-hydrogen) atoms. The van der Waals surface area contributed by atoms with E-state index in [4.69, 9.17) is 9.47 Å². The molecule has 2 fully saturated rings. The Morgan fingerprint density at radius 3 is 1.08 bits per heavy atom. The molecule has 2 saturated heterocycles. The van der Waals surface area contributed by atoms with Gasteiger partial charge in [-0.05, 0) is 75.0 Å². The van der Waals surface area contributed by atoms with Crippen molar-refractivity contribution in [2.24, 2.45) is 35.5 Å². The van der Waals surface area contributed by atoms with Gasteiger partial charge in [0.15, 0.2) is 0 Å². The minimum absolute atomic E-state index is 0.00559. The van der Waals surface area contributed by atoms with Gasteiger partial charge in [0, 0.05) is 24.2 Å². The highest BCUT2D eigenvalue weighted by Gasteiger charge is 2.36. The van der Waals surface area contributed by atoms with E-state index < -0.39 is 0 Å². The predicted octanol–water partition coefficient (Wildman–Crippen LogP) is 5.73. The summed E-state index contributed by atoms with van der Waals surface area (Å²) in [7, 11) is 0. The molecule has 0 bridgehead atoms. The van der Waals surface area contributed by atoms with Crippen molar-refractivity contribution >= 4 is 11.9 Å². The molecule has 2 aliphatic rings. The van der Waals surface area contributed by atoms with Gasteiger partial charge in [-0.1, -0.05) is 55.4 Å². The van der Waals surface area contributed by atoms with Gasteiger partial charge in [-0.2, -0.15) is 0 Å². The Balaban J connectivity index is 1.61. The number of piperidine rings is 2. The first-order valence-corrected chi connectivity index (χ1v) is 14.8. The molecule has 0 aromatic rings. The fourth-order valence-corrected chi connectivity index (χ4v) is 5.62. The second kappa shape index (κ2) is 15.3. The van der Waals surface area contributed by atoms with Crippen molar-refractivity contribution in [3.8, 4) is 0 Å². The number of carbonyl (C=O) groups excluding carboxylic acids is 2. The Bertz CT molecular complexity index is 575. The van der Waals surface area contributed by atoms with Crippen LogP contribution in [0.25, 0.3) is 0 Å². The average Bonchev–Trinajstić information content (AvgIpc) is 2.84. The third kappa shape index (κ3) is 9.96. The molecule has 0 aromatic carbocycles. The summed E-state index contributed by atoms with van der Waals surface area (Å²) in [5, 5.41) is 7.46. The SMILES string of the molecule is CC(C)C1CC(C(=O)OCCCCCCOC(=O)C2CC(C(C)C)NC(C(C)C)C2)CC(C(C)C)N1. The monoisotopic (exact) mass is 508 g/mol. The minimum atomic E-state index is -0.0249. The Morgan fingerprint density at radius 2 is 0.833 bits per heavy atom. The van der Waals surface area contributed by atoms with E-state index in [0.717, 1.165) is 51.4 Å². The summed E-state index contributed by atoms with van der Waals surface area (Å²) in [5.41, 5.74) is 0. The van der Waals surface area contributed by atoms with Crippen LogP contribution in [0.1, 0.15) is 107 Å². The number of esters is 2. The van der Waals surface area contributed by atoms with Crippen molar-refractivity contribution < 1.29 is 19.1 Å². The van der Waals surface area contributed by atoms with Gasteiger partial charge in [-0.25, -0.2) is 0 Å². The number of hydrogen-bond donors (Lipinski definition) is 2. The van der Waals surface area contributed by atoms with Crippen LogP contribution in [-0.2, 0) is 19.1 Å². The number of hydrogen-bond acceptors (Lipinski definition) is 6. The Kier molecular flexibility index (Phi) is 13.2. The molecule has 0 spiro atoms. The van der Waals surface area contributed by atoms with Gasteiger partial charge in [0.05, 0.1) is 25.0 Å². The maximum atomic E-state index is 12.7. The third-order valence-electron chi connectivity index (χ3n) is 8.42. The zero-order chi connectivity index (χ0) is 26.8. The summed E-state index contributed by atoms with van der Waals surface area (Å²) < 4.78 is 11.3. The summed E-state index contributed by atoms with van der Waals surface area (Å²) in [5.74, 6) is 2.01. The normalized spacial score (nSPS) is 29.2. The number of carbonyl (C=O) groups is 2. The molecule has 0 amide bonds. The zero-order valence-corrected chi connectivity index (χ0v) is 24.5. The van der Waals surface area contributed by atoms with Gasteiger partial charge < -0.3 is 20.1 Å². The van der Waals surface area contributed by atoms with Crippen LogP contribution in [0.4, 0.5) is 0 Å². The summed E-state index contributed by atoms with van der Waals surface area (Å²) in [6, 6.07) is 1.51. The molecule has 0 saturated carbocycles. The second-order valence-electron chi connectivity index (χ2n) is 12.8. The lowest BCUT2D eigenvalue weighted by Crippen LogP contribution is -2.51. The van der Waals surface area contributed by atoms with Crippen molar-refractivity contribution in [3.63, 3.8) is 0 Å². The van der Waals surface area contributed by atoms with Crippen LogP contribution in [0, 0.1) is 35.5 Å². The summed E-state index contributed by atoms with van der Waals surface area (Å²) in [4.78, 5) is 25.4. The first-order chi connectivity index (χ1) is 17.0. The molecule has 0 aliphatic carbocycles. The molecule has 2 rings (SSSR count). The van der Waals surface area contributed by atoms with E-state index in [1.807, 2.05) is 0 Å². The topological polar surface area (TPSA) is 76.7 Å². The molecule has 210 valence electrons. The van der Waals surface area contributed by atoms with E-state index in [-0.39, 0.29) is 23.8 Å². The standard InChI is InChI=1S/C30H56N2O4/c1-19(2)25-15-23(16-26(31-25)20(3)4)29(33)35-13-11-9-10-12-14-36-30(34)24-17-27(21(5)6)32-28(18-24)22(7)8/h19-28,31-32H,9-18H2,1-8H3. The molecule has 0 aromatic heterocycles. The van der Waals surface area contributed by atoms with Gasteiger partial charge in [0.25, 0.3) is 0 Å². The molecule has 6 heteroatoms. The third-order valence-corrected chi connectivity index (χ3v) is 8.42. The maximum absolute atomic E-state index is 12.7. The van der Waals surface area contributed by atoms with Crippen LogP contribution in [0.5, 0.6) is 0 Å². The Hall–Kier alpha value is -1.14. The van der Waals surface area contributed by atoms with Gasteiger partial charge >= 0.3 is 11.9 Å². The number of nitrogens with one attached hydrogen (secondary N) is 2. The quantitative estimate of drug-likeness (QED) is 0.244. The van der Waals surface area contributed by atoms with E-state index in [1.165, 1.54) is 0 Å². The van der Waals surface area contributed by atoms with Gasteiger partial charge in [-0.15, -0.1) is 0 Å². The van der Waals surface area contributed by atoms with Crippen molar-refractivity contribution in [2.75, 3.05) is 13.2 Å². The van der Waals surface area contributed by atoms with Crippen molar-refractivity contribution in [2.45, 2.75) is 131 Å². The van der Waals surface area contributed by atoms with Crippen LogP contribution >= 0.6 is 0 Å². The van der Waals surface area contributed by atoms with Gasteiger partial charge in [0.1, 0.15) is 0 Å². The lowest BCUT2D eigenvalue weighted by molar-refractivity contribution is -0.152. The fraction of sp³-hybridized carbons (Fsp3) is 0.933. The van der Waals surface area contributed by atoms with Gasteiger partial charge in [-0.3, -0.25) is 9.59 Å². The predicted molar refractivity (Wildman–Crippen MR) is 147 cm³/mol. The van der Waals surface area contributed by atoms with Crippen LogP contribution in [0.15, 0.2) is 0 Å². The summed E-state index contributed by atoms with van der Waals surface area (Å²) in [6.07, 6.45) is 7.20. The number of ether oxygens (including phenoxy) is 2. The van der Waals surface area contributed by atoms with Crippen molar-refractivity contribution in [1.82, 2.24) is 10.6 Å². The molecular weight excluding hydrogens is 452 g/mol.